The Morgan fingerprint density at radius 3 is 2.25 bits per heavy atom. The maximum atomic E-state index is 13.3. The number of nitrogens with one attached hydrogen (secondary N) is 1. The minimum Gasteiger partial charge on any atom is -0.354 e. The van der Waals surface area contributed by atoms with Crippen LogP contribution >= 0.6 is 11.6 Å². The number of amides is 2. The van der Waals surface area contributed by atoms with Crippen LogP contribution in [0, 0.1) is 19.8 Å². The van der Waals surface area contributed by atoms with Gasteiger partial charge in [0.25, 0.3) is 0 Å². The SMILES string of the molecule is Cc1cccc(N(CCCC(=O)N(Cc2ccc(Cl)cc2)C(C)C(=O)NCC(C)C)S(C)(=O)=O)c1C. The summed E-state index contributed by atoms with van der Waals surface area (Å²) in [5.74, 6) is -0.153. The lowest BCUT2D eigenvalue weighted by atomic mass is 10.1. The van der Waals surface area contributed by atoms with Gasteiger partial charge >= 0.3 is 0 Å². The molecule has 1 unspecified atom stereocenters. The van der Waals surface area contributed by atoms with Crippen LogP contribution in [0.5, 0.6) is 0 Å². The number of carbonyl (C=O) groups excluding carboxylic acids is 2. The summed E-state index contributed by atoms with van der Waals surface area (Å²) in [6, 6.07) is 12.0. The number of aryl methyl sites for hydroxylation is 1. The second kappa shape index (κ2) is 13.1. The fourth-order valence-electron chi connectivity index (χ4n) is 3.81. The zero-order valence-electron chi connectivity index (χ0n) is 22.0. The Balaban J connectivity index is 2.19. The van der Waals surface area contributed by atoms with E-state index >= 15 is 0 Å². The van der Waals surface area contributed by atoms with Gasteiger partial charge in [-0.1, -0.05) is 49.7 Å². The van der Waals surface area contributed by atoms with Crippen LogP contribution in [-0.2, 0) is 26.2 Å². The highest BCUT2D eigenvalue weighted by Crippen LogP contribution is 2.25. The highest BCUT2D eigenvalue weighted by atomic mass is 35.5. The van der Waals surface area contributed by atoms with Crippen LogP contribution < -0.4 is 9.62 Å². The highest BCUT2D eigenvalue weighted by Gasteiger charge is 2.27. The molecule has 198 valence electrons. The van der Waals surface area contributed by atoms with Crippen molar-refractivity contribution in [3.63, 3.8) is 0 Å². The van der Waals surface area contributed by atoms with Gasteiger partial charge in [-0.25, -0.2) is 8.42 Å². The maximum Gasteiger partial charge on any atom is 0.242 e. The molecule has 7 nitrogen and oxygen atoms in total. The lowest BCUT2D eigenvalue weighted by Crippen LogP contribution is -2.48. The third-order valence-electron chi connectivity index (χ3n) is 6.11. The molecule has 0 radical (unpaired) electrons. The highest BCUT2D eigenvalue weighted by molar-refractivity contribution is 7.92. The van der Waals surface area contributed by atoms with Gasteiger partial charge in [-0.05, 0) is 68.0 Å². The van der Waals surface area contributed by atoms with Crippen LogP contribution in [0.1, 0.15) is 50.3 Å². The number of halogens is 1. The molecule has 9 heteroatoms. The molecule has 1 atom stereocenters. The van der Waals surface area contributed by atoms with Crippen molar-refractivity contribution in [2.75, 3.05) is 23.7 Å². The van der Waals surface area contributed by atoms with E-state index in [1.54, 1.807) is 30.0 Å². The Hall–Kier alpha value is -2.58. The first kappa shape index (κ1) is 29.6. The van der Waals surface area contributed by atoms with Gasteiger partial charge in [0, 0.05) is 31.1 Å². The quantitative estimate of drug-likeness (QED) is 0.427. The monoisotopic (exact) mass is 535 g/mol. The first-order valence-electron chi connectivity index (χ1n) is 12.2. The summed E-state index contributed by atoms with van der Waals surface area (Å²) in [5, 5.41) is 3.49. The number of sulfonamides is 1. The Morgan fingerprint density at radius 1 is 1.03 bits per heavy atom. The lowest BCUT2D eigenvalue weighted by molar-refractivity contribution is -0.140. The molecule has 0 aliphatic rings. The molecule has 0 saturated heterocycles. The number of nitrogens with zero attached hydrogens (tertiary/aromatic N) is 2. The minimum absolute atomic E-state index is 0.103. The fourth-order valence-corrected chi connectivity index (χ4v) is 4.95. The Morgan fingerprint density at radius 2 is 1.67 bits per heavy atom. The van der Waals surface area contributed by atoms with Crippen LogP contribution in [0.15, 0.2) is 42.5 Å². The smallest absolute Gasteiger partial charge is 0.242 e. The van der Waals surface area contributed by atoms with E-state index in [1.165, 1.54) is 10.6 Å². The van der Waals surface area contributed by atoms with Crippen molar-refractivity contribution < 1.29 is 18.0 Å². The van der Waals surface area contributed by atoms with E-state index < -0.39 is 16.1 Å². The van der Waals surface area contributed by atoms with Crippen LogP contribution in [-0.4, -0.2) is 50.5 Å². The van der Waals surface area contributed by atoms with Crippen LogP contribution in [0.3, 0.4) is 0 Å². The average Bonchev–Trinajstić information content (AvgIpc) is 2.80. The second-order valence-electron chi connectivity index (χ2n) is 9.62. The summed E-state index contributed by atoms with van der Waals surface area (Å²) in [5.41, 5.74) is 3.34. The molecule has 0 heterocycles. The van der Waals surface area contributed by atoms with E-state index in [2.05, 4.69) is 5.32 Å². The molecule has 2 amide bonds. The van der Waals surface area contributed by atoms with Crippen LogP contribution in [0.4, 0.5) is 5.69 Å². The molecule has 0 fully saturated rings. The number of carbonyl (C=O) groups is 2. The molecule has 0 aliphatic heterocycles. The molecule has 0 aromatic heterocycles. The molecule has 0 bridgehead atoms. The van der Waals surface area contributed by atoms with Crippen molar-refractivity contribution in [3.8, 4) is 0 Å². The minimum atomic E-state index is -3.54. The number of benzene rings is 2. The zero-order valence-corrected chi connectivity index (χ0v) is 23.6. The van der Waals surface area contributed by atoms with Crippen molar-refractivity contribution >= 4 is 39.1 Å². The molecule has 36 heavy (non-hydrogen) atoms. The van der Waals surface area contributed by atoms with Crippen molar-refractivity contribution in [2.24, 2.45) is 5.92 Å². The van der Waals surface area contributed by atoms with Crippen molar-refractivity contribution in [1.29, 1.82) is 0 Å². The average molecular weight is 536 g/mol. The van der Waals surface area contributed by atoms with Gasteiger partial charge < -0.3 is 10.2 Å². The van der Waals surface area contributed by atoms with E-state index in [4.69, 9.17) is 11.6 Å². The zero-order chi connectivity index (χ0) is 27.0. The van der Waals surface area contributed by atoms with E-state index in [0.29, 0.717) is 23.7 Å². The van der Waals surface area contributed by atoms with Gasteiger partial charge in [0.15, 0.2) is 0 Å². The van der Waals surface area contributed by atoms with Crippen molar-refractivity contribution in [3.05, 3.63) is 64.2 Å². The van der Waals surface area contributed by atoms with Crippen LogP contribution in [0.2, 0.25) is 5.02 Å². The van der Waals surface area contributed by atoms with Gasteiger partial charge in [0.05, 0.1) is 11.9 Å². The van der Waals surface area contributed by atoms with Gasteiger partial charge in [-0.15, -0.1) is 0 Å². The van der Waals surface area contributed by atoms with Gasteiger partial charge in [0.1, 0.15) is 6.04 Å². The van der Waals surface area contributed by atoms with E-state index in [1.807, 2.05) is 52.0 Å². The summed E-state index contributed by atoms with van der Waals surface area (Å²) in [4.78, 5) is 27.7. The van der Waals surface area contributed by atoms with E-state index in [-0.39, 0.29) is 37.2 Å². The topological polar surface area (TPSA) is 86.8 Å². The summed E-state index contributed by atoms with van der Waals surface area (Å²) < 4.78 is 26.5. The summed E-state index contributed by atoms with van der Waals surface area (Å²) in [7, 11) is -3.54. The molecular formula is C27H38ClN3O4S. The first-order chi connectivity index (χ1) is 16.8. The molecule has 0 spiro atoms. The third-order valence-corrected chi connectivity index (χ3v) is 7.55. The molecule has 0 aliphatic carbocycles. The van der Waals surface area contributed by atoms with Crippen molar-refractivity contribution in [1.82, 2.24) is 10.2 Å². The molecule has 2 aromatic rings. The largest absolute Gasteiger partial charge is 0.354 e. The Bertz CT molecular complexity index is 1150. The fraction of sp³-hybridized carbons (Fsp3) is 0.481. The molecule has 2 rings (SSSR count). The molecule has 1 N–H and O–H groups in total. The predicted octanol–water partition coefficient (Wildman–Crippen LogP) is 4.69. The second-order valence-corrected chi connectivity index (χ2v) is 12.0. The third kappa shape index (κ3) is 8.52. The van der Waals surface area contributed by atoms with Gasteiger partial charge in [-0.2, -0.15) is 0 Å². The molecule has 0 saturated carbocycles. The Labute approximate surface area is 220 Å². The van der Waals surface area contributed by atoms with Gasteiger partial charge in [-0.3, -0.25) is 13.9 Å². The number of anilines is 1. The number of rotatable bonds is 12. The summed E-state index contributed by atoms with van der Waals surface area (Å²) >= 11 is 6.00. The van der Waals surface area contributed by atoms with Crippen LogP contribution in [0.25, 0.3) is 0 Å². The predicted molar refractivity (Wildman–Crippen MR) is 147 cm³/mol. The van der Waals surface area contributed by atoms with E-state index in [9.17, 15) is 18.0 Å². The maximum absolute atomic E-state index is 13.3. The molecule has 2 aromatic carbocycles. The lowest BCUT2D eigenvalue weighted by Gasteiger charge is -2.30. The van der Waals surface area contributed by atoms with Gasteiger partial charge in [0.2, 0.25) is 21.8 Å². The first-order valence-corrected chi connectivity index (χ1v) is 14.4. The normalized spacial score (nSPS) is 12.3. The summed E-state index contributed by atoms with van der Waals surface area (Å²) in [6.45, 7) is 10.5. The number of hydrogen-bond donors (Lipinski definition) is 1. The Kier molecular flexibility index (Phi) is 10.8. The standard InChI is InChI=1S/C27H38ClN3O4S/c1-19(2)17-29-27(33)22(5)30(18-23-12-14-24(28)15-13-23)26(32)11-8-16-31(36(6,34)35)25-10-7-9-20(3)21(25)4/h7,9-10,12-15,19,22H,8,11,16-18H2,1-6H3,(H,29,33). The van der Waals surface area contributed by atoms with E-state index in [0.717, 1.165) is 16.7 Å². The number of hydrogen-bond acceptors (Lipinski definition) is 4. The van der Waals surface area contributed by atoms with Crippen molar-refractivity contribution in [2.45, 2.75) is 60.0 Å². The summed E-state index contributed by atoms with van der Waals surface area (Å²) in [6.07, 6.45) is 1.59. The molecular weight excluding hydrogens is 498 g/mol.